The van der Waals surface area contributed by atoms with Gasteiger partial charge in [-0.3, -0.25) is 0 Å². The molecule has 1 aliphatic heterocycles. The molecule has 0 amide bonds. The van der Waals surface area contributed by atoms with Gasteiger partial charge < -0.3 is 10.2 Å². The first-order valence-corrected chi connectivity index (χ1v) is 5.96. The van der Waals surface area contributed by atoms with Gasteiger partial charge in [-0.1, -0.05) is 0 Å². The second-order valence-electron chi connectivity index (χ2n) is 3.49. The Morgan fingerprint density at radius 3 is 1.33 bits per heavy atom. The molecule has 0 aromatic heterocycles. The van der Waals surface area contributed by atoms with Crippen LogP contribution in [0.4, 0.5) is 0 Å². The SMILES string of the molecule is CC(O)C(C)O.CC1OS(=O)(=O)OC1C. The van der Waals surface area contributed by atoms with E-state index in [1.54, 1.807) is 27.7 Å². The van der Waals surface area contributed by atoms with E-state index in [0.29, 0.717) is 0 Å². The quantitative estimate of drug-likeness (QED) is 0.661. The molecule has 15 heavy (non-hydrogen) atoms. The molecule has 6 nitrogen and oxygen atoms in total. The number of rotatable bonds is 1. The van der Waals surface area contributed by atoms with Crippen LogP contribution in [-0.4, -0.2) is 43.0 Å². The number of hydrogen-bond acceptors (Lipinski definition) is 6. The summed E-state index contributed by atoms with van der Waals surface area (Å²) in [5.74, 6) is 0. The summed E-state index contributed by atoms with van der Waals surface area (Å²) in [6.45, 7) is 6.39. The molecule has 0 aliphatic carbocycles. The van der Waals surface area contributed by atoms with Crippen LogP contribution in [0.5, 0.6) is 0 Å². The highest BCUT2D eigenvalue weighted by atomic mass is 32.3. The Bertz CT molecular complexity index is 249. The highest BCUT2D eigenvalue weighted by molar-refractivity contribution is 7.82. The van der Waals surface area contributed by atoms with Gasteiger partial charge in [-0.2, -0.15) is 8.42 Å². The first kappa shape index (κ1) is 14.8. The monoisotopic (exact) mass is 242 g/mol. The van der Waals surface area contributed by atoms with E-state index in [1.807, 2.05) is 0 Å². The summed E-state index contributed by atoms with van der Waals surface area (Å²) in [7, 11) is -3.64. The molecule has 1 aliphatic rings. The zero-order valence-corrected chi connectivity index (χ0v) is 10.1. The molecule has 2 N–H and O–H groups in total. The molecular weight excluding hydrogens is 224 g/mol. The summed E-state index contributed by atoms with van der Waals surface area (Å²) in [6, 6.07) is 0. The normalized spacial score (nSPS) is 32.7. The fraction of sp³-hybridized carbons (Fsp3) is 1.00. The molecule has 4 atom stereocenters. The van der Waals surface area contributed by atoms with E-state index in [2.05, 4.69) is 8.37 Å². The lowest BCUT2D eigenvalue weighted by molar-refractivity contribution is 0.0438. The molecular formula is C8H18O6S. The maximum atomic E-state index is 10.4. The van der Waals surface area contributed by atoms with E-state index in [1.165, 1.54) is 0 Å². The van der Waals surface area contributed by atoms with Crippen molar-refractivity contribution in [1.29, 1.82) is 0 Å². The third kappa shape index (κ3) is 6.06. The van der Waals surface area contributed by atoms with Gasteiger partial charge in [0.05, 0.1) is 12.2 Å². The van der Waals surface area contributed by atoms with Crippen LogP contribution in [-0.2, 0) is 18.8 Å². The zero-order valence-electron chi connectivity index (χ0n) is 9.25. The molecule has 1 fully saturated rings. The molecule has 0 spiro atoms. The molecule has 1 saturated heterocycles. The molecule has 0 radical (unpaired) electrons. The Balaban J connectivity index is 0.000000288. The topological polar surface area (TPSA) is 93.1 Å². The molecule has 0 aromatic carbocycles. The summed E-state index contributed by atoms with van der Waals surface area (Å²) < 4.78 is 29.6. The number of aliphatic hydroxyl groups excluding tert-OH is 2. The van der Waals surface area contributed by atoms with Crippen LogP contribution in [0.1, 0.15) is 27.7 Å². The van der Waals surface area contributed by atoms with E-state index < -0.39 is 22.6 Å². The maximum Gasteiger partial charge on any atom is 0.400 e. The fourth-order valence-electron chi connectivity index (χ4n) is 0.551. The van der Waals surface area contributed by atoms with Gasteiger partial charge in [0.1, 0.15) is 12.2 Å². The van der Waals surface area contributed by atoms with E-state index in [4.69, 9.17) is 10.2 Å². The largest absolute Gasteiger partial charge is 0.400 e. The minimum atomic E-state index is -3.64. The minimum absolute atomic E-state index is 0.352. The maximum absolute atomic E-state index is 10.4. The number of hydrogen-bond donors (Lipinski definition) is 2. The average Bonchev–Trinajstić information content (AvgIpc) is 2.24. The van der Waals surface area contributed by atoms with Crippen molar-refractivity contribution in [2.24, 2.45) is 0 Å². The zero-order chi connectivity index (χ0) is 12.2. The van der Waals surface area contributed by atoms with Crippen molar-refractivity contribution in [3.8, 4) is 0 Å². The summed E-state index contributed by atoms with van der Waals surface area (Å²) in [6.07, 6.45) is -1.89. The van der Waals surface area contributed by atoms with E-state index in [0.717, 1.165) is 0 Å². The minimum Gasteiger partial charge on any atom is -0.391 e. The van der Waals surface area contributed by atoms with Gasteiger partial charge in [-0.15, -0.1) is 0 Å². The third-order valence-corrected chi connectivity index (χ3v) is 2.98. The van der Waals surface area contributed by atoms with E-state index >= 15 is 0 Å². The summed E-state index contributed by atoms with van der Waals surface area (Å²) in [4.78, 5) is 0. The Labute approximate surface area is 90.2 Å². The third-order valence-electron chi connectivity index (χ3n) is 1.90. The van der Waals surface area contributed by atoms with Crippen LogP contribution in [0.25, 0.3) is 0 Å². The van der Waals surface area contributed by atoms with Gasteiger partial charge in [0, 0.05) is 0 Å². The van der Waals surface area contributed by atoms with Crippen molar-refractivity contribution in [1.82, 2.24) is 0 Å². The molecule has 7 heteroatoms. The van der Waals surface area contributed by atoms with Gasteiger partial charge >= 0.3 is 10.4 Å². The van der Waals surface area contributed by atoms with Crippen LogP contribution in [0.3, 0.4) is 0 Å². The van der Waals surface area contributed by atoms with Gasteiger partial charge in [-0.25, -0.2) is 8.37 Å². The average molecular weight is 242 g/mol. The summed E-state index contributed by atoms with van der Waals surface area (Å²) in [5.41, 5.74) is 0. The van der Waals surface area contributed by atoms with Gasteiger partial charge in [0.25, 0.3) is 0 Å². The van der Waals surface area contributed by atoms with Crippen molar-refractivity contribution >= 4 is 10.4 Å². The Kier molecular flexibility index (Phi) is 5.68. The molecule has 4 unspecified atom stereocenters. The fourth-order valence-corrected chi connectivity index (χ4v) is 1.65. The predicted molar refractivity (Wildman–Crippen MR) is 53.4 cm³/mol. The Morgan fingerprint density at radius 1 is 1.00 bits per heavy atom. The van der Waals surface area contributed by atoms with Crippen LogP contribution in [0.15, 0.2) is 0 Å². The Hall–Kier alpha value is -0.210. The molecule has 1 heterocycles. The van der Waals surface area contributed by atoms with Crippen LogP contribution < -0.4 is 0 Å². The van der Waals surface area contributed by atoms with E-state index in [9.17, 15) is 8.42 Å². The lowest BCUT2D eigenvalue weighted by Crippen LogP contribution is -2.17. The molecule has 1 rings (SSSR count). The lowest BCUT2D eigenvalue weighted by Gasteiger charge is -2.03. The van der Waals surface area contributed by atoms with Crippen LogP contribution in [0, 0.1) is 0 Å². The van der Waals surface area contributed by atoms with Gasteiger partial charge in [0.15, 0.2) is 0 Å². The molecule has 0 saturated carbocycles. The van der Waals surface area contributed by atoms with Gasteiger partial charge in [0.2, 0.25) is 0 Å². The van der Waals surface area contributed by atoms with E-state index in [-0.39, 0.29) is 12.2 Å². The summed E-state index contributed by atoms with van der Waals surface area (Å²) >= 11 is 0. The Morgan fingerprint density at radius 2 is 1.27 bits per heavy atom. The van der Waals surface area contributed by atoms with Crippen molar-refractivity contribution in [2.75, 3.05) is 0 Å². The molecule has 92 valence electrons. The highest BCUT2D eigenvalue weighted by Gasteiger charge is 2.33. The van der Waals surface area contributed by atoms with Crippen LogP contribution in [0.2, 0.25) is 0 Å². The van der Waals surface area contributed by atoms with Crippen LogP contribution >= 0.6 is 0 Å². The highest BCUT2D eigenvalue weighted by Crippen LogP contribution is 2.18. The first-order valence-electron chi connectivity index (χ1n) is 4.63. The number of aliphatic hydroxyl groups is 2. The van der Waals surface area contributed by atoms with Gasteiger partial charge in [-0.05, 0) is 27.7 Å². The van der Waals surface area contributed by atoms with Crippen molar-refractivity contribution in [3.63, 3.8) is 0 Å². The molecule has 0 bridgehead atoms. The summed E-state index contributed by atoms with van der Waals surface area (Å²) in [5, 5.41) is 16.8. The molecule has 0 aromatic rings. The van der Waals surface area contributed by atoms with Crippen molar-refractivity contribution < 1.29 is 27.0 Å². The first-order chi connectivity index (χ1) is 6.65. The standard InChI is InChI=1S/C4H8O4S.C4H10O2/c1-3-4(2)8-9(5,6)7-3;1-3(5)4(2)6/h3-4H,1-2H3;3-6H,1-2H3. The smallest absolute Gasteiger partial charge is 0.391 e. The second-order valence-corrected chi connectivity index (χ2v) is 4.69. The lowest BCUT2D eigenvalue weighted by atomic mass is 10.3. The van der Waals surface area contributed by atoms with Crippen molar-refractivity contribution in [3.05, 3.63) is 0 Å². The predicted octanol–water partition coefficient (Wildman–Crippen LogP) is -0.197. The van der Waals surface area contributed by atoms with Crippen molar-refractivity contribution in [2.45, 2.75) is 52.1 Å². The second kappa shape index (κ2) is 5.76.